The van der Waals surface area contributed by atoms with Crippen molar-refractivity contribution in [3.63, 3.8) is 0 Å². The van der Waals surface area contributed by atoms with E-state index in [9.17, 15) is 16.8 Å². The molecule has 0 radical (unpaired) electrons. The first-order valence-electron chi connectivity index (χ1n) is 7.02. The van der Waals surface area contributed by atoms with Gasteiger partial charge in [-0.1, -0.05) is 17.7 Å². The molecule has 5 nitrogen and oxygen atoms in total. The summed E-state index contributed by atoms with van der Waals surface area (Å²) in [7, 11) is -6.89. The average molecular weight is 330 g/mol. The standard InChI is InChI=1S/C14H18O5S2/c1-10-2-4-12(5-3-10)21(17,18)19-11-8-13-6-7-14(9-11)20(13,15)16/h2-5,11,13-14H,6-9H2,1H3/t13-,14-/m0/s1. The Morgan fingerprint density at radius 3 is 2.10 bits per heavy atom. The molecule has 2 bridgehead atoms. The van der Waals surface area contributed by atoms with Crippen LogP contribution in [0.3, 0.4) is 0 Å². The third kappa shape index (κ3) is 2.74. The summed E-state index contributed by atoms with van der Waals surface area (Å²) in [5.74, 6) is 0. The van der Waals surface area contributed by atoms with Crippen LogP contribution < -0.4 is 0 Å². The summed E-state index contributed by atoms with van der Waals surface area (Å²) in [5.41, 5.74) is 0.968. The lowest BCUT2D eigenvalue weighted by Gasteiger charge is -2.27. The van der Waals surface area contributed by atoms with Crippen molar-refractivity contribution in [3.8, 4) is 0 Å². The number of hydrogen-bond acceptors (Lipinski definition) is 5. The number of rotatable bonds is 3. The Labute approximate surface area is 125 Å². The van der Waals surface area contributed by atoms with Gasteiger partial charge in [0.1, 0.15) is 0 Å². The van der Waals surface area contributed by atoms with Gasteiger partial charge in [-0.2, -0.15) is 8.42 Å². The predicted octanol–water partition coefficient (Wildman–Crippen LogP) is 1.81. The van der Waals surface area contributed by atoms with Crippen molar-refractivity contribution in [2.45, 2.75) is 54.1 Å². The fourth-order valence-electron chi connectivity index (χ4n) is 3.18. The zero-order valence-corrected chi connectivity index (χ0v) is 13.4. The first kappa shape index (κ1) is 15.0. The van der Waals surface area contributed by atoms with Gasteiger partial charge in [-0.25, -0.2) is 8.42 Å². The summed E-state index contributed by atoms with van der Waals surface area (Å²) in [5, 5.41) is -0.871. The highest BCUT2D eigenvalue weighted by atomic mass is 32.2. The predicted molar refractivity (Wildman–Crippen MR) is 78.2 cm³/mol. The van der Waals surface area contributed by atoms with Crippen LogP contribution >= 0.6 is 0 Å². The maximum atomic E-state index is 12.2. The van der Waals surface area contributed by atoms with Crippen molar-refractivity contribution in [2.24, 2.45) is 0 Å². The summed E-state index contributed by atoms with van der Waals surface area (Å²) in [6.45, 7) is 1.88. The van der Waals surface area contributed by atoms with E-state index in [4.69, 9.17) is 4.18 Å². The van der Waals surface area contributed by atoms with Gasteiger partial charge in [0.05, 0.1) is 21.5 Å². The quantitative estimate of drug-likeness (QED) is 0.790. The molecule has 116 valence electrons. The molecule has 0 saturated carbocycles. The van der Waals surface area contributed by atoms with E-state index in [-0.39, 0.29) is 17.7 Å². The SMILES string of the molecule is Cc1ccc(S(=O)(=O)OC2C[C@@H]3CC[C@@H](C2)S3(=O)=O)cc1. The monoisotopic (exact) mass is 330 g/mol. The molecule has 1 aromatic carbocycles. The van der Waals surface area contributed by atoms with Gasteiger partial charge in [-0.05, 0) is 44.7 Å². The second-order valence-corrected chi connectivity index (χ2v) is 9.95. The molecule has 0 aromatic heterocycles. The van der Waals surface area contributed by atoms with Gasteiger partial charge in [0.15, 0.2) is 9.84 Å². The van der Waals surface area contributed by atoms with Crippen LogP contribution in [0.1, 0.15) is 31.2 Å². The molecule has 2 aliphatic heterocycles. The maximum absolute atomic E-state index is 12.2. The lowest BCUT2D eigenvalue weighted by molar-refractivity contribution is 0.186. The van der Waals surface area contributed by atoms with Crippen LogP contribution in [-0.4, -0.2) is 33.4 Å². The Morgan fingerprint density at radius 1 is 1.05 bits per heavy atom. The second kappa shape index (κ2) is 5.07. The van der Waals surface area contributed by atoms with Crippen LogP contribution in [0.2, 0.25) is 0 Å². The van der Waals surface area contributed by atoms with Gasteiger partial charge in [0, 0.05) is 0 Å². The van der Waals surface area contributed by atoms with E-state index < -0.39 is 36.6 Å². The van der Waals surface area contributed by atoms with Crippen LogP contribution in [0.25, 0.3) is 0 Å². The van der Waals surface area contributed by atoms with E-state index in [1.54, 1.807) is 12.1 Å². The van der Waals surface area contributed by atoms with Crippen molar-refractivity contribution >= 4 is 20.0 Å². The van der Waals surface area contributed by atoms with Gasteiger partial charge >= 0.3 is 0 Å². The molecule has 2 heterocycles. The topological polar surface area (TPSA) is 77.5 Å². The van der Waals surface area contributed by atoms with Gasteiger partial charge in [0.2, 0.25) is 0 Å². The van der Waals surface area contributed by atoms with E-state index in [0.717, 1.165) is 5.56 Å². The molecule has 2 fully saturated rings. The third-order valence-corrected chi connectivity index (χ3v) is 8.45. The Bertz CT molecular complexity index is 714. The van der Waals surface area contributed by atoms with Crippen molar-refractivity contribution < 1.29 is 21.0 Å². The fourth-order valence-corrected chi connectivity index (χ4v) is 6.71. The lowest BCUT2D eigenvalue weighted by Crippen LogP contribution is -2.37. The van der Waals surface area contributed by atoms with Gasteiger partial charge < -0.3 is 0 Å². The molecule has 2 saturated heterocycles. The van der Waals surface area contributed by atoms with Crippen molar-refractivity contribution in [1.82, 2.24) is 0 Å². The molecule has 0 unspecified atom stereocenters. The molecule has 2 atom stereocenters. The maximum Gasteiger partial charge on any atom is 0.297 e. The minimum atomic E-state index is -3.83. The molecular weight excluding hydrogens is 312 g/mol. The average Bonchev–Trinajstić information content (AvgIpc) is 2.59. The Balaban J connectivity index is 1.77. The third-order valence-electron chi connectivity index (χ3n) is 4.36. The van der Waals surface area contributed by atoms with Gasteiger partial charge in [0.25, 0.3) is 10.1 Å². The molecule has 0 amide bonds. The number of hydrogen-bond donors (Lipinski definition) is 0. The van der Waals surface area contributed by atoms with Crippen molar-refractivity contribution in [3.05, 3.63) is 29.8 Å². The van der Waals surface area contributed by atoms with Crippen molar-refractivity contribution in [1.29, 1.82) is 0 Å². The fraction of sp³-hybridized carbons (Fsp3) is 0.571. The van der Waals surface area contributed by atoms with E-state index in [1.807, 2.05) is 6.92 Å². The molecule has 21 heavy (non-hydrogen) atoms. The van der Waals surface area contributed by atoms with Crippen LogP contribution in [-0.2, 0) is 24.1 Å². The summed E-state index contributed by atoms with van der Waals surface area (Å²) < 4.78 is 53.7. The highest BCUT2D eigenvalue weighted by Gasteiger charge is 2.48. The number of aryl methyl sites for hydroxylation is 1. The highest BCUT2D eigenvalue weighted by Crippen LogP contribution is 2.40. The van der Waals surface area contributed by atoms with Crippen LogP contribution in [0.5, 0.6) is 0 Å². The first-order chi connectivity index (χ1) is 9.79. The molecule has 0 spiro atoms. The van der Waals surface area contributed by atoms with E-state index in [0.29, 0.717) is 12.8 Å². The van der Waals surface area contributed by atoms with E-state index in [1.165, 1.54) is 12.1 Å². The van der Waals surface area contributed by atoms with Crippen LogP contribution in [0.15, 0.2) is 29.2 Å². The Hall–Kier alpha value is -0.920. The van der Waals surface area contributed by atoms with Gasteiger partial charge in [-0.3, -0.25) is 4.18 Å². The first-order valence-corrected chi connectivity index (χ1v) is 10.0. The molecular formula is C14H18O5S2. The summed E-state index contributed by atoms with van der Waals surface area (Å²) in [6.07, 6.45) is 1.28. The largest absolute Gasteiger partial charge is 0.297 e. The normalized spacial score (nSPS) is 31.2. The van der Waals surface area contributed by atoms with E-state index >= 15 is 0 Å². The summed E-state index contributed by atoms with van der Waals surface area (Å²) in [4.78, 5) is 0.119. The summed E-state index contributed by atoms with van der Waals surface area (Å²) >= 11 is 0. The minimum absolute atomic E-state index is 0.119. The molecule has 0 N–H and O–H groups in total. The number of benzene rings is 1. The van der Waals surface area contributed by atoms with Crippen molar-refractivity contribution in [2.75, 3.05) is 0 Å². The highest BCUT2D eigenvalue weighted by molar-refractivity contribution is 7.93. The zero-order valence-electron chi connectivity index (χ0n) is 11.7. The molecule has 1 aromatic rings. The summed E-state index contributed by atoms with van der Waals surface area (Å²) in [6, 6.07) is 6.45. The molecule has 3 rings (SSSR count). The smallest absolute Gasteiger partial charge is 0.263 e. The number of sulfone groups is 1. The lowest BCUT2D eigenvalue weighted by atomic mass is 10.1. The molecule has 2 aliphatic rings. The minimum Gasteiger partial charge on any atom is -0.263 e. The van der Waals surface area contributed by atoms with Crippen LogP contribution in [0, 0.1) is 6.92 Å². The van der Waals surface area contributed by atoms with Gasteiger partial charge in [-0.15, -0.1) is 0 Å². The Morgan fingerprint density at radius 2 is 1.57 bits per heavy atom. The number of fused-ring (bicyclic) bond motifs is 2. The van der Waals surface area contributed by atoms with E-state index in [2.05, 4.69) is 0 Å². The molecule has 7 heteroatoms. The molecule has 0 aliphatic carbocycles. The Kier molecular flexibility index (Phi) is 3.62. The second-order valence-electron chi connectivity index (χ2n) is 5.87. The van der Waals surface area contributed by atoms with Crippen LogP contribution in [0.4, 0.5) is 0 Å². The zero-order chi connectivity index (χ0) is 15.3.